The Bertz CT molecular complexity index is 855. The van der Waals surface area contributed by atoms with Crippen LogP contribution in [0.3, 0.4) is 0 Å². The Kier molecular flexibility index (Phi) is 7.46. The molecule has 0 atom stereocenters. The van der Waals surface area contributed by atoms with Crippen molar-refractivity contribution in [2.75, 3.05) is 39.9 Å². The van der Waals surface area contributed by atoms with Crippen LogP contribution in [0.15, 0.2) is 42.5 Å². The summed E-state index contributed by atoms with van der Waals surface area (Å²) in [5, 5.41) is 0. The Hall–Kier alpha value is -2.87. The molecule has 1 amide bonds. The van der Waals surface area contributed by atoms with E-state index in [1.165, 1.54) is 18.2 Å². The molecule has 1 aliphatic rings. The van der Waals surface area contributed by atoms with Crippen LogP contribution in [0.5, 0.6) is 17.2 Å². The molecule has 0 aliphatic carbocycles. The first-order valence-corrected chi connectivity index (χ1v) is 9.86. The van der Waals surface area contributed by atoms with Crippen LogP contribution in [0.4, 0.5) is 8.78 Å². The molecule has 0 spiro atoms. The number of alkyl halides is 2. The molecular weight excluding hydrogens is 394 g/mol. The Morgan fingerprint density at radius 1 is 1.07 bits per heavy atom. The van der Waals surface area contributed by atoms with Crippen LogP contribution in [0.2, 0.25) is 0 Å². The zero-order valence-corrected chi connectivity index (χ0v) is 17.1. The number of halogens is 2. The van der Waals surface area contributed by atoms with Gasteiger partial charge in [0.15, 0.2) is 11.5 Å². The molecule has 0 aromatic heterocycles. The number of piperazine rings is 1. The number of nitrogens with zero attached hydrogens (tertiary/aromatic N) is 2. The molecule has 0 saturated carbocycles. The normalized spacial score (nSPS) is 14.6. The maximum Gasteiger partial charge on any atom is 0.387 e. The number of ether oxygens (including phenoxy) is 3. The number of benzene rings is 2. The van der Waals surface area contributed by atoms with Gasteiger partial charge in [0.1, 0.15) is 5.75 Å². The average Bonchev–Trinajstić information content (AvgIpc) is 2.75. The van der Waals surface area contributed by atoms with Crippen molar-refractivity contribution in [3.05, 3.63) is 53.6 Å². The maximum absolute atomic E-state index is 12.9. The third-order valence-electron chi connectivity index (χ3n) is 4.91. The highest BCUT2D eigenvalue weighted by molar-refractivity contribution is 5.95. The predicted molar refractivity (Wildman–Crippen MR) is 108 cm³/mol. The van der Waals surface area contributed by atoms with Gasteiger partial charge in [-0.25, -0.2) is 0 Å². The molecule has 3 rings (SSSR count). The second-order valence-electron chi connectivity index (χ2n) is 6.89. The minimum Gasteiger partial charge on any atom is -0.497 e. The molecule has 6 nitrogen and oxygen atoms in total. The highest BCUT2D eigenvalue weighted by Crippen LogP contribution is 2.30. The summed E-state index contributed by atoms with van der Waals surface area (Å²) in [7, 11) is 1.65. The van der Waals surface area contributed by atoms with E-state index >= 15 is 0 Å². The Balaban J connectivity index is 1.61. The van der Waals surface area contributed by atoms with Crippen LogP contribution in [-0.4, -0.2) is 62.2 Å². The van der Waals surface area contributed by atoms with E-state index in [1.54, 1.807) is 18.9 Å². The third kappa shape index (κ3) is 5.60. The summed E-state index contributed by atoms with van der Waals surface area (Å²) in [6.45, 7) is 2.50. The lowest BCUT2D eigenvalue weighted by molar-refractivity contribution is -0.0514. The van der Waals surface area contributed by atoms with E-state index in [0.29, 0.717) is 18.7 Å². The van der Waals surface area contributed by atoms with Crippen LogP contribution in [-0.2, 0) is 6.54 Å². The fraction of sp³-hybridized carbons (Fsp3) is 0.409. The zero-order valence-electron chi connectivity index (χ0n) is 17.1. The number of hydrogen-bond acceptors (Lipinski definition) is 5. The first kappa shape index (κ1) is 21.8. The van der Waals surface area contributed by atoms with Gasteiger partial charge in [-0.2, -0.15) is 8.78 Å². The summed E-state index contributed by atoms with van der Waals surface area (Å²) in [5.41, 5.74) is 1.55. The predicted octanol–water partition coefficient (Wildman–Crippen LogP) is 3.65. The highest BCUT2D eigenvalue weighted by Gasteiger charge is 2.23. The standard InChI is InChI=1S/C22H26F2N2O4/c1-3-29-20-14-17(7-8-19(20)30-22(23)24)21(27)26-11-9-25(10-12-26)15-16-5-4-6-18(13-16)28-2/h4-8,13-14,22H,3,9-12,15H2,1-2H3. The fourth-order valence-electron chi connectivity index (χ4n) is 3.42. The van der Waals surface area contributed by atoms with Crippen molar-refractivity contribution in [1.29, 1.82) is 0 Å². The monoisotopic (exact) mass is 420 g/mol. The van der Waals surface area contributed by atoms with Crippen LogP contribution in [0, 0.1) is 0 Å². The van der Waals surface area contributed by atoms with Crippen LogP contribution in [0.1, 0.15) is 22.8 Å². The van der Waals surface area contributed by atoms with Gasteiger partial charge in [0.05, 0.1) is 13.7 Å². The molecule has 0 unspecified atom stereocenters. The zero-order chi connectivity index (χ0) is 21.5. The number of methoxy groups -OCH3 is 1. The largest absolute Gasteiger partial charge is 0.497 e. The van der Waals surface area contributed by atoms with E-state index < -0.39 is 6.61 Å². The van der Waals surface area contributed by atoms with Crippen LogP contribution >= 0.6 is 0 Å². The number of amides is 1. The van der Waals surface area contributed by atoms with Gasteiger partial charge >= 0.3 is 6.61 Å². The van der Waals surface area contributed by atoms with Crippen molar-refractivity contribution >= 4 is 5.91 Å². The second-order valence-corrected chi connectivity index (χ2v) is 6.89. The van der Waals surface area contributed by atoms with Gasteiger partial charge in [-0.1, -0.05) is 12.1 Å². The molecule has 1 aliphatic heterocycles. The highest BCUT2D eigenvalue weighted by atomic mass is 19.3. The van der Waals surface area contributed by atoms with Crippen molar-refractivity contribution in [2.45, 2.75) is 20.1 Å². The summed E-state index contributed by atoms with van der Waals surface area (Å²) >= 11 is 0. The number of carbonyl (C=O) groups is 1. The van der Waals surface area contributed by atoms with Gasteiger partial charge in [-0.05, 0) is 42.8 Å². The summed E-state index contributed by atoms with van der Waals surface area (Å²) in [4.78, 5) is 16.9. The molecule has 0 N–H and O–H groups in total. The number of hydrogen-bond donors (Lipinski definition) is 0. The maximum atomic E-state index is 12.9. The van der Waals surface area contributed by atoms with E-state index in [4.69, 9.17) is 9.47 Å². The summed E-state index contributed by atoms with van der Waals surface area (Å²) < 4.78 is 40.2. The Morgan fingerprint density at radius 2 is 1.83 bits per heavy atom. The first-order chi connectivity index (χ1) is 14.5. The molecule has 8 heteroatoms. The second kappa shape index (κ2) is 10.2. The number of carbonyl (C=O) groups excluding carboxylic acids is 1. The number of rotatable bonds is 8. The lowest BCUT2D eigenvalue weighted by Gasteiger charge is -2.35. The van der Waals surface area contributed by atoms with E-state index in [-0.39, 0.29) is 24.0 Å². The summed E-state index contributed by atoms with van der Waals surface area (Å²) in [6, 6.07) is 12.2. The molecule has 2 aromatic rings. The summed E-state index contributed by atoms with van der Waals surface area (Å²) in [6.07, 6.45) is 0. The molecule has 1 saturated heterocycles. The molecule has 1 heterocycles. The minimum atomic E-state index is -2.96. The molecule has 2 aromatic carbocycles. The molecule has 0 bridgehead atoms. The molecule has 30 heavy (non-hydrogen) atoms. The van der Waals surface area contributed by atoms with Crippen molar-refractivity contribution in [1.82, 2.24) is 9.80 Å². The van der Waals surface area contributed by atoms with Crippen molar-refractivity contribution in [3.8, 4) is 17.2 Å². The quantitative estimate of drug-likeness (QED) is 0.653. The van der Waals surface area contributed by atoms with Crippen molar-refractivity contribution in [2.24, 2.45) is 0 Å². The molecular formula is C22H26F2N2O4. The smallest absolute Gasteiger partial charge is 0.387 e. The minimum absolute atomic E-state index is 0.0773. The lowest BCUT2D eigenvalue weighted by atomic mass is 10.1. The van der Waals surface area contributed by atoms with Crippen LogP contribution in [0.25, 0.3) is 0 Å². The Morgan fingerprint density at radius 3 is 2.50 bits per heavy atom. The van der Waals surface area contributed by atoms with E-state index in [1.807, 2.05) is 18.2 Å². The van der Waals surface area contributed by atoms with Gasteiger partial charge in [0.25, 0.3) is 5.91 Å². The van der Waals surface area contributed by atoms with Crippen LogP contribution < -0.4 is 14.2 Å². The van der Waals surface area contributed by atoms with Gasteiger partial charge < -0.3 is 19.1 Å². The average molecular weight is 420 g/mol. The van der Waals surface area contributed by atoms with Crippen molar-refractivity contribution in [3.63, 3.8) is 0 Å². The lowest BCUT2D eigenvalue weighted by Crippen LogP contribution is -2.48. The van der Waals surface area contributed by atoms with Gasteiger partial charge in [-0.15, -0.1) is 0 Å². The van der Waals surface area contributed by atoms with Gasteiger partial charge in [0.2, 0.25) is 0 Å². The van der Waals surface area contributed by atoms with Gasteiger partial charge in [0, 0.05) is 38.3 Å². The molecule has 1 fully saturated rings. The van der Waals surface area contributed by atoms with E-state index in [0.717, 1.165) is 30.9 Å². The van der Waals surface area contributed by atoms with E-state index in [2.05, 4.69) is 15.7 Å². The first-order valence-electron chi connectivity index (χ1n) is 9.86. The molecule has 0 radical (unpaired) electrons. The fourth-order valence-corrected chi connectivity index (χ4v) is 3.42. The summed E-state index contributed by atoms with van der Waals surface area (Å²) in [5.74, 6) is 0.734. The third-order valence-corrected chi connectivity index (χ3v) is 4.91. The van der Waals surface area contributed by atoms with Crippen molar-refractivity contribution < 1.29 is 27.8 Å². The molecule has 162 valence electrons. The SMILES string of the molecule is CCOc1cc(C(=O)N2CCN(Cc3cccc(OC)c3)CC2)ccc1OC(F)F. The van der Waals surface area contributed by atoms with E-state index in [9.17, 15) is 13.6 Å². The van der Waals surface area contributed by atoms with Gasteiger partial charge in [-0.3, -0.25) is 9.69 Å². The topological polar surface area (TPSA) is 51.2 Å². The Labute approximate surface area is 174 Å².